The minimum absolute atomic E-state index is 0.226. The third kappa shape index (κ3) is 3.96. The van der Waals surface area contributed by atoms with Gasteiger partial charge >= 0.3 is 12.1 Å². The summed E-state index contributed by atoms with van der Waals surface area (Å²) in [6, 6.07) is 3.16. The highest BCUT2D eigenvalue weighted by Crippen LogP contribution is 2.34. The van der Waals surface area contributed by atoms with Crippen molar-refractivity contribution in [2.24, 2.45) is 5.92 Å². The van der Waals surface area contributed by atoms with Gasteiger partial charge in [0.25, 0.3) is 5.91 Å². The lowest BCUT2D eigenvalue weighted by molar-refractivity contribution is -0.139. The first-order chi connectivity index (χ1) is 9.79. The molecule has 0 aliphatic heterocycles. The van der Waals surface area contributed by atoms with Crippen molar-refractivity contribution in [2.75, 3.05) is 0 Å². The van der Waals surface area contributed by atoms with Gasteiger partial charge in [0, 0.05) is 0 Å². The molecule has 1 fully saturated rings. The first kappa shape index (κ1) is 15.3. The Morgan fingerprint density at radius 3 is 2.43 bits per heavy atom. The van der Waals surface area contributed by atoms with Gasteiger partial charge in [0.2, 0.25) is 0 Å². The molecule has 2 N–H and O–H groups in total. The van der Waals surface area contributed by atoms with Gasteiger partial charge in [0.15, 0.2) is 0 Å². The molecule has 0 bridgehead atoms. The lowest BCUT2D eigenvalue weighted by Crippen LogP contribution is -2.41. The van der Waals surface area contributed by atoms with Gasteiger partial charge in [-0.2, -0.15) is 13.2 Å². The van der Waals surface area contributed by atoms with Crippen LogP contribution in [0.5, 0.6) is 0 Å². The van der Waals surface area contributed by atoms with Crippen LogP contribution in [-0.4, -0.2) is 23.0 Å². The summed E-state index contributed by atoms with van der Waals surface area (Å²) in [5, 5.41) is 11.2. The molecule has 1 amide bonds. The molecule has 0 saturated heterocycles. The van der Waals surface area contributed by atoms with Crippen LogP contribution in [0.1, 0.15) is 35.2 Å². The zero-order valence-corrected chi connectivity index (χ0v) is 11.0. The Morgan fingerprint density at radius 1 is 1.29 bits per heavy atom. The quantitative estimate of drug-likeness (QED) is 0.878. The van der Waals surface area contributed by atoms with Crippen LogP contribution in [0.2, 0.25) is 0 Å². The van der Waals surface area contributed by atoms with Crippen LogP contribution in [0, 0.1) is 5.92 Å². The fourth-order valence-electron chi connectivity index (χ4n) is 2.07. The number of aliphatic carboxylic acids is 1. The number of amides is 1. The van der Waals surface area contributed by atoms with Crippen LogP contribution in [0.3, 0.4) is 0 Å². The highest BCUT2D eigenvalue weighted by atomic mass is 19.4. The van der Waals surface area contributed by atoms with Crippen LogP contribution >= 0.6 is 0 Å². The van der Waals surface area contributed by atoms with Gasteiger partial charge in [-0.25, -0.2) is 4.79 Å². The van der Waals surface area contributed by atoms with Crippen LogP contribution < -0.4 is 5.32 Å². The van der Waals surface area contributed by atoms with E-state index in [9.17, 15) is 22.8 Å². The number of rotatable bonds is 5. The number of hydrogen-bond donors (Lipinski definition) is 2. The molecule has 114 valence electrons. The zero-order valence-electron chi connectivity index (χ0n) is 11.0. The zero-order chi connectivity index (χ0) is 15.6. The second-order valence-electron chi connectivity index (χ2n) is 5.09. The SMILES string of the molecule is O=C(N[C@H](CC1CC1)C(=O)O)c1ccccc1C(F)(F)F. The van der Waals surface area contributed by atoms with Gasteiger partial charge in [0.1, 0.15) is 6.04 Å². The summed E-state index contributed by atoms with van der Waals surface area (Å²) in [5.41, 5.74) is -1.63. The fourth-order valence-corrected chi connectivity index (χ4v) is 2.07. The number of halogens is 3. The number of carbonyl (C=O) groups is 2. The van der Waals surface area contributed by atoms with Crippen LogP contribution in [0.4, 0.5) is 13.2 Å². The molecule has 1 atom stereocenters. The van der Waals surface area contributed by atoms with Crippen molar-refractivity contribution in [1.82, 2.24) is 5.32 Å². The maximum Gasteiger partial charge on any atom is 0.417 e. The van der Waals surface area contributed by atoms with Gasteiger partial charge in [-0.1, -0.05) is 25.0 Å². The topological polar surface area (TPSA) is 66.4 Å². The van der Waals surface area contributed by atoms with E-state index in [0.717, 1.165) is 25.0 Å². The molecule has 1 saturated carbocycles. The van der Waals surface area contributed by atoms with E-state index in [1.165, 1.54) is 12.1 Å². The van der Waals surface area contributed by atoms with E-state index < -0.39 is 35.2 Å². The third-order valence-corrected chi connectivity index (χ3v) is 3.35. The van der Waals surface area contributed by atoms with Gasteiger partial charge in [0.05, 0.1) is 11.1 Å². The summed E-state index contributed by atoms with van der Waals surface area (Å²) in [6.45, 7) is 0. The van der Waals surface area contributed by atoms with E-state index in [2.05, 4.69) is 5.32 Å². The summed E-state index contributed by atoms with van der Waals surface area (Å²) in [7, 11) is 0. The van der Waals surface area contributed by atoms with Crippen molar-refractivity contribution < 1.29 is 27.9 Å². The minimum atomic E-state index is -4.66. The number of alkyl halides is 3. The van der Waals surface area contributed by atoms with Gasteiger partial charge in [-0.15, -0.1) is 0 Å². The Balaban J connectivity index is 2.17. The van der Waals surface area contributed by atoms with Crippen LogP contribution in [-0.2, 0) is 11.0 Å². The molecule has 0 radical (unpaired) electrons. The maximum atomic E-state index is 12.8. The summed E-state index contributed by atoms with van der Waals surface area (Å²) < 4.78 is 38.5. The van der Waals surface area contributed by atoms with E-state index in [1.54, 1.807) is 0 Å². The Labute approximate surface area is 119 Å². The van der Waals surface area contributed by atoms with Gasteiger partial charge < -0.3 is 10.4 Å². The standard InChI is InChI=1S/C14H14F3NO3/c15-14(16,17)10-4-2-1-3-9(10)12(19)18-11(13(20)21)7-8-5-6-8/h1-4,8,11H,5-7H2,(H,18,19)(H,20,21)/t11-/m1/s1. The number of nitrogens with one attached hydrogen (secondary N) is 1. The summed E-state index contributed by atoms with van der Waals surface area (Å²) >= 11 is 0. The Hall–Kier alpha value is -2.05. The maximum absolute atomic E-state index is 12.8. The molecule has 1 aliphatic carbocycles. The smallest absolute Gasteiger partial charge is 0.417 e. The molecule has 0 aromatic heterocycles. The van der Waals surface area contributed by atoms with E-state index in [0.29, 0.717) is 0 Å². The number of carboxylic acids is 1. The van der Waals surface area contributed by atoms with Crippen molar-refractivity contribution in [3.05, 3.63) is 35.4 Å². The van der Waals surface area contributed by atoms with E-state index >= 15 is 0 Å². The average Bonchev–Trinajstić information content (AvgIpc) is 3.20. The second kappa shape index (κ2) is 5.75. The van der Waals surface area contributed by atoms with E-state index in [-0.39, 0.29) is 12.3 Å². The van der Waals surface area contributed by atoms with Gasteiger partial charge in [-0.3, -0.25) is 4.79 Å². The largest absolute Gasteiger partial charge is 0.480 e. The predicted octanol–water partition coefficient (Wildman–Crippen LogP) is 2.69. The lowest BCUT2D eigenvalue weighted by atomic mass is 10.0. The summed E-state index contributed by atoms with van der Waals surface area (Å²) in [5.74, 6) is -2.03. The summed E-state index contributed by atoms with van der Waals surface area (Å²) in [4.78, 5) is 23.0. The van der Waals surface area contributed by atoms with Crippen molar-refractivity contribution in [3.8, 4) is 0 Å². The second-order valence-corrected chi connectivity index (χ2v) is 5.09. The first-order valence-electron chi connectivity index (χ1n) is 6.49. The average molecular weight is 301 g/mol. The monoisotopic (exact) mass is 301 g/mol. The fraction of sp³-hybridized carbons (Fsp3) is 0.429. The third-order valence-electron chi connectivity index (χ3n) is 3.35. The molecule has 0 unspecified atom stereocenters. The minimum Gasteiger partial charge on any atom is -0.480 e. The van der Waals surface area contributed by atoms with Crippen LogP contribution in [0.15, 0.2) is 24.3 Å². The molecule has 21 heavy (non-hydrogen) atoms. The molecule has 1 aromatic carbocycles. The number of carboxylic acid groups (broad SMARTS) is 1. The number of carbonyl (C=O) groups excluding carboxylic acids is 1. The molecule has 4 nitrogen and oxygen atoms in total. The molecule has 1 aromatic rings. The Bertz CT molecular complexity index is 553. The first-order valence-corrected chi connectivity index (χ1v) is 6.49. The van der Waals surface area contributed by atoms with Crippen molar-refractivity contribution >= 4 is 11.9 Å². The molecule has 0 heterocycles. The molecular weight excluding hydrogens is 287 g/mol. The molecule has 0 spiro atoms. The van der Waals surface area contributed by atoms with Crippen molar-refractivity contribution in [3.63, 3.8) is 0 Å². The highest BCUT2D eigenvalue weighted by molar-refractivity contribution is 5.98. The molecule has 1 aliphatic rings. The molecule has 7 heteroatoms. The highest BCUT2D eigenvalue weighted by Gasteiger charge is 2.36. The Morgan fingerprint density at radius 2 is 1.90 bits per heavy atom. The summed E-state index contributed by atoms with van der Waals surface area (Å²) in [6.07, 6.45) is -2.64. The predicted molar refractivity (Wildman–Crippen MR) is 67.7 cm³/mol. The van der Waals surface area contributed by atoms with Crippen molar-refractivity contribution in [1.29, 1.82) is 0 Å². The van der Waals surface area contributed by atoms with Gasteiger partial charge in [-0.05, 0) is 24.5 Å². The molecule has 2 rings (SSSR count). The van der Waals surface area contributed by atoms with Crippen molar-refractivity contribution in [2.45, 2.75) is 31.5 Å². The molecular formula is C14H14F3NO3. The number of benzene rings is 1. The van der Waals surface area contributed by atoms with E-state index in [4.69, 9.17) is 5.11 Å². The number of hydrogen-bond acceptors (Lipinski definition) is 2. The van der Waals surface area contributed by atoms with Crippen LogP contribution in [0.25, 0.3) is 0 Å². The lowest BCUT2D eigenvalue weighted by Gasteiger charge is -2.16. The van der Waals surface area contributed by atoms with E-state index in [1.807, 2.05) is 0 Å². The normalized spacial score (nSPS) is 16.3. The Kier molecular flexibility index (Phi) is 4.20.